The van der Waals surface area contributed by atoms with Gasteiger partial charge in [-0.25, -0.2) is 0 Å². The van der Waals surface area contributed by atoms with Crippen molar-refractivity contribution in [2.75, 3.05) is 17.2 Å². The Morgan fingerprint density at radius 3 is 2.54 bits per heavy atom. The molecule has 0 saturated carbocycles. The van der Waals surface area contributed by atoms with Crippen LogP contribution in [-0.4, -0.2) is 17.4 Å². The van der Waals surface area contributed by atoms with Gasteiger partial charge in [0.15, 0.2) is 0 Å². The lowest BCUT2D eigenvalue weighted by Gasteiger charge is -2.10. The molecule has 0 radical (unpaired) electrons. The number of hydrogen-bond donors (Lipinski definition) is 2. The van der Waals surface area contributed by atoms with E-state index < -0.39 is 0 Å². The van der Waals surface area contributed by atoms with Crippen molar-refractivity contribution in [1.29, 1.82) is 0 Å². The van der Waals surface area contributed by atoms with Crippen molar-refractivity contribution in [1.82, 2.24) is 4.98 Å². The number of carbonyl (C=O) groups excluding carboxylic acids is 1. The lowest BCUT2D eigenvalue weighted by molar-refractivity contribution is 0.102. The zero-order valence-corrected chi connectivity index (χ0v) is 16.0. The molecular weight excluding hydrogens is 350 g/mol. The SMILES string of the molecule is CCCCNc1cncc(C(=O)Nc2ccc(OCc3ccccc3)cc2)c1. The van der Waals surface area contributed by atoms with Crippen LogP contribution < -0.4 is 15.4 Å². The molecule has 0 saturated heterocycles. The summed E-state index contributed by atoms with van der Waals surface area (Å²) >= 11 is 0. The zero-order chi connectivity index (χ0) is 19.6. The molecule has 144 valence electrons. The molecule has 1 amide bonds. The Morgan fingerprint density at radius 1 is 1.00 bits per heavy atom. The maximum absolute atomic E-state index is 12.5. The second-order valence-corrected chi connectivity index (χ2v) is 6.50. The van der Waals surface area contributed by atoms with E-state index in [4.69, 9.17) is 4.74 Å². The molecule has 0 spiro atoms. The van der Waals surface area contributed by atoms with E-state index in [2.05, 4.69) is 22.5 Å². The Balaban J connectivity index is 1.54. The van der Waals surface area contributed by atoms with Crippen LogP contribution in [0.4, 0.5) is 11.4 Å². The highest BCUT2D eigenvalue weighted by Gasteiger charge is 2.08. The van der Waals surface area contributed by atoms with E-state index >= 15 is 0 Å². The number of benzene rings is 2. The number of hydrogen-bond acceptors (Lipinski definition) is 4. The van der Waals surface area contributed by atoms with E-state index in [0.29, 0.717) is 17.9 Å². The molecular formula is C23H25N3O2. The summed E-state index contributed by atoms with van der Waals surface area (Å²) in [5, 5.41) is 6.17. The summed E-state index contributed by atoms with van der Waals surface area (Å²) < 4.78 is 5.77. The molecule has 2 aromatic carbocycles. The van der Waals surface area contributed by atoms with Crippen LogP contribution in [0.5, 0.6) is 5.75 Å². The van der Waals surface area contributed by atoms with Crippen molar-refractivity contribution in [2.45, 2.75) is 26.4 Å². The van der Waals surface area contributed by atoms with Crippen molar-refractivity contribution in [2.24, 2.45) is 0 Å². The minimum atomic E-state index is -0.190. The van der Waals surface area contributed by atoms with Gasteiger partial charge >= 0.3 is 0 Å². The molecule has 0 fully saturated rings. The third-order valence-corrected chi connectivity index (χ3v) is 4.22. The molecule has 1 aromatic heterocycles. The van der Waals surface area contributed by atoms with Crippen LogP contribution in [0.25, 0.3) is 0 Å². The molecule has 3 rings (SSSR count). The lowest BCUT2D eigenvalue weighted by Crippen LogP contribution is -2.13. The number of ether oxygens (including phenoxy) is 1. The summed E-state index contributed by atoms with van der Waals surface area (Å²) in [5.41, 5.74) is 3.19. The van der Waals surface area contributed by atoms with E-state index in [9.17, 15) is 4.79 Å². The molecule has 0 bridgehead atoms. The van der Waals surface area contributed by atoms with Crippen LogP contribution in [0.1, 0.15) is 35.7 Å². The number of nitrogens with one attached hydrogen (secondary N) is 2. The molecule has 1 heterocycles. The molecule has 0 aliphatic heterocycles. The molecule has 0 unspecified atom stereocenters. The van der Waals surface area contributed by atoms with Crippen LogP contribution in [0, 0.1) is 0 Å². The maximum Gasteiger partial charge on any atom is 0.257 e. The van der Waals surface area contributed by atoms with Gasteiger partial charge in [-0.2, -0.15) is 0 Å². The first kappa shape index (κ1) is 19.4. The van der Waals surface area contributed by atoms with Crippen molar-refractivity contribution in [3.8, 4) is 5.75 Å². The second kappa shape index (κ2) is 10.1. The number of pyridine rings is 1. The quantitative estimate of drug-likeness (QED) is 0.509. The van der Waals surface area contributed by atoms with Gasteiger partial charge in [0, 0.05) is 24.6 Å². The minimum absolute atomic E-state index is 0.190. The number of unbranched alkanes of at least 4 members (excludes halogenated alkanes) is 1. The number of aromatic nitrogens is 1. The Morgan fingerprint density at radius 2 is 1.79 bits per heavy atom. The predicted molar refractivity (Wildman–Crippen MR) is 113 cm³/mol. The van der Waals surface area contributed by atoms with Gasteiger partial charge in [0.25, 0.3) is 5.91 Å². The highest BCUT2D eigenvalue weighted by molar-refractivity contribution is 6.04. The first-order valence-electron chi connectivity index (χ1n) is 9.51. The van der Waals surface area contributed by atoms with Gasteiger partial charge in [-0.15, -0.1) is 0 Å². The first-order valence-corrected chi connectivity index (χ1v) is 9.51. The van der Waals surface area contributed by atoms with Crippen LogP contribution >= 0.6 is 0 Å². The molecule has 3 aromatic rings. The van der Waals surface area contributed by atoms with Gasteiger partial charge in [0.05, 0.1) is 11.3 Å². The zero-order valence-electron chi connectivity index (χ0n) is 16.0. The van der Waals surface area contributed by atoms with Crippen molar-refractivity contribution >= 4 is 17.3 Å². The topological polar surface area (TPSA) is 63.2 Å². The monoisotopic (exact) mass is 375 g/mol. The van der Waals surface area contributed by atoms with Gasteiger partial charge in [-0.05, 0) is 42.3 Å². The average molecular weight is 375 g/mol. The van der Waals surface area contributed by atoms with Gasteiger partial charge in [0.2, 0.25) is 0 Å². The normalized spacial score (nSPS) is 10.3. The highest BCUT2D eigenvalue weighted by atomic mass is 16.5. The fraction of sp³-hybridized carbons (Fsp3) is 0.217. The number of anilines is 2. The fourth-order valence-electron chi connectivity index (χ4n) is 2.65. The summed E-state index contributed by atoms with van der Waals surface area (Å²) in [5.74, 6) is 0.565. The van der Waals surface area contributed by atoms with Crippen molar-refractivity contribution < 1.29 is 9.53 Å². The van der Waals surface area contributed by atoms with E-state index in [1.807, 2.05) is 60.7 Å². The second-order valence-electron chi connectivity index (χ2n) is 6.50. The van der Waals surface area contributed by atoms with Crippen LogP contribution in [-0.2, 0) is 6.61 Å². The lowest BCUT2D eigenvalue weighted by atomic mass is 10.2. The van der Waals surface area contributed by atoms with Gasteiger partial charge in [-0.1, -0.05) is 43.7 Å². The van der Waals surface area contributed by atoms with E-state index in [1.165, 1.54) is 0 Å². The van der Waals surface area contributed by atoms with Gasteiger partial charge < -0.3 is 15.4 Å². The Labute approximate surface area is 165 Å². The van der Waals surface area contributed by atoms with E-state index in [0.717, 1.165) is 36.4 Å². The van der Waals surface area contributed by atoms with Crippen LogP contribution in [0.3, 0.4) is 0 Å². The molecule has 5 heteroatoms. The number of rotatable bonds is 9. The van der Waals surface area contributed by atoms with Crippen molar-refractivity contribution in [3.63, 3.8) is 0 Å². The standard InChI is InChI=1S/C23H25N3O2/c1-2-3-13-25-21-14-19(15-24-16-21)23(27)26-20-9-11-22(12-10-20)28-17-18-7-5-4-6-8-18/h4-12,14-16,25H,2-3,13,17H2,1H3,(H,26,27). The minimum Gasteiger partial charge on any atom is -0.489 e. The fourth-order valence-corrected chi connectivity index (χ4v) is 2.65. The number of amides is 1. The summed E-state index contributed by atoms with van der Waals surface area (Å²) in [4.78, 5) is 16.6. The molecule has 28 heavy (non-hydrogen) atoms. The Kier molecular flexibility index (Phi) is 7.01. The Bertz CT molecular complexity index is 880. The summed E-state index contributed by atoms with van der Waals surface area (Å²) in [6.45, 7) is 3.52. The molecule has 5 nitrogen and oxygen atoms in total. The summed E-state index contributed by atoms with van der Waals surface area (Å²) in [6.07, 6.45) is 5.49. The van der Waals surface area contributed by atoms with E-state index in [1.54, 1.807) is 12.4 Å². The number of nitrogens with zero attached hydrogens (tertiary/aromatic N) is 1. The molecule has 2 N–H and O–H groups in total. The molecule has 0 aliphatic carbocycles. The van der Waals surface area contributed by atoms with Gasteiger partial charge in [-0.3, -0.25) is 9.78 Å². The Hall–Kier alpha value is -3.34. The van der Waals surface area contributed by atoms with E-state index in [-0.39, 0.29) is 5.91 Å². The highest BCUT2D eigenvalue weighted by Crippen LogP contribution is 2.18. The molecule has 0 atom stereocenters. The van der Waals surface area contributed by atoms with Crippen LogP contribution in [0.2, 0.25) is 0 Å². The first-order chi connectivity index (χ1) is 13.7. The third kappa shape index (κ3) is 5.84. The molecule has 0 aliphatic rings. The van der Waals surface area contributed by atoms with Crippen LogP contribution in [0.15, 0.2) is 73.1 Å². The summed E-state index contributed by atoms with van der Waals surface area (Å²) in [7, 11) is 0. The number of carbonyl (C=O) groups is 1. The maximum atomic E-state index is 12.5. The van der Waals surface area contributed by atoms with Crippen molar-refractivity contribution in [3.05, 3.63) is 84.2 Å². The average Bonchev–Trinajstić information content (AvgIpc) is 2.74. The summed E-state index contributed by atoms with van der Waals surface area (Å²) in [6, 6.07) is 19.2. The third-order valence-electron chi connectivity index (χ3n) is 4.22. The largest absolute Gasteiger partial charge is 0.489 e. The predicted octanol–water partition coefficient (Wildman–Crippen LogP) is 5.12. The smallest absolute Gasteiger partial charge is 0.257 e. The van der Waals surface area contributed by atoms with Gasteiger partial charge in [0.1, 0.15) is 12.4 Å².